The second-order valence-corrected chi connectivity index (χ2v) is 13.0. The highest BCUT2D eigenvalue weighted by molar-refractivity contribution is 6.24. The molecule has 8 aromatic carbocycles. The highest BCUT2D eigenvalue weighted by Gasteiger charge is 2.22. The third-order valence-electron chi connectivity index (χ3n) is 9.49. The topological polar surface area (TPSA) is 6.48 Å². The Morgan fingerprint density at radius 1 is 0.312 bits per heavy atom. The molecule has 0 atom stereocenters. The molecule has 0 saturated heterocycles. The average molecular weight is 623 g/mol. The lowest BCUT2D eigenvalue weighted by molar-refractivity contribution is 1.28. The first-order valence-corrected chi connectivity index (χ1v) is 16.7. The Labute approximate surface area is 286 Å². The van der Waals surface area contributed by atoms with E-state index in [4.69, 9.17) is 2.97 Å². The second-order valence-electron chi connectivity index (χ2n) is 13.0. The van der Waals surface area contributed by atoms with Crippen LogP contribution in [0.3, 0.4) is 0 Å². The minimum atomic E-state index is 1.14. The van der Waals surface area contributed by atoms with E-state index in [0.29, 0.717) is 0 Å². The average Bonchev–Trinajstić information content (AvgIpc) is 3.16. The van der Waals surface area contributed by atoms with E-state index < -0.39 is 0 Å². The molecule has 0 aromatic heterocycles. The van der Waals surface area contributed by atoms with Crippen molar-refractivity contribution in [3.05, 3.63) is 180 Å². The van der Waals surface area contributed by atoms with Gasteiger partial charge in [-0.25, -0.2) is 0 Å². The predicted octanol–water partition coefficient (Wildman–Crippen LogP) is 13.6. The van der Waals surface area contributed by atoms with Gasteiger partial charge in [0.25, 0.3) is 0 Å². The van der Waals surface area contributed by atoms with Crippen molar-refractivity contribution in [1.29, 1.82) is 0 Å². The number of fused-ring (bicyclic) bond motifs is 5. The zero-order valence-electron chi connectivity index (χ0n) is 29.9. The molecule has 2 heteroatoms. The van der Waals surface area contributed by atoms with E-state index in [1.807, 2.05) is 0 Å². The number of rotatable bonds is 6. The minimum absolute atomic E-state index is 1.14. The van der Waals surface area contributed by atoms with Crippen molar-refractivity contribution < 1.29 is 2.97 Å². The molecule has 0 saturated carbocycles. The summed E-state index contributed by atoms with van der Waals surface area (Å²) >= 11 is 0. The minimum Gasteiger partial charge on any atom is -0.310 e. The van der Waals surface area contributed by atoms with Crippen LogP contribution in [0.1, 0.15) is 25.2 Å². The van der Waals surface area contributed by atoms with Gasteiger partial charge in [-0.05, 0) is 110 Å². The largest absolute Gasteiger partial charge is 0.310 e. The molecule has 0 aliphatic carbocycles. The number of nitrogens with zero attached hydrogens (tertiary/aromatic N) is 2. The van der Waals surface area contributed by atoms with Crippen LogP contribution in [0.2, 0.25) is 0 Å². The molecule has 0 unspecified atom stereocenters. The van der Waals surface area contributed by atoms with Crippen molar-refractivity contribution in [3.8, 4) is 0 Å². The van der Waals surface area contributed by atoms with Gasteiger partial charge in [0.1, 0.15) is 0 Å². The molecule has 8 rings (SSSR count). The smallest absolute Gasteiger partial charge is 0.0546 e. The van der Waals surface area contributed by atoms with Crippen LogP contribution in [0.4, 0.5) is 34.1 Å². The highest BCUT2D eigenvalue weighted by Crippen LogP contribution is 2.47. The summed E-state index contributed by atoms with van der Waals surface area (Å²) in [5.41, 5.74) is 11.9. The molecule has 0 amide bonds. The third-order valence-corrected chi connectivity index (χ3v) is 9.49. The number of aryl methyl sites for hydroxylation is 4. The van der Waals surface area contributed by atoms with Gasteiger partial charge < -0.3 is 9.80 Å². The molecule has 0 heterocycles. The SMILES string of the molecule is Cc1ccc(N(c2ccc(C)cc2)c2cc3c4ccccc4c(N(c4ccc(C)cc4)c4ccc(C)cc4)cc3c3ccccc23)cc1.[2H][2H]. The Kier molecular flexibility index (Phi) is 7.13. The number of benzene rings is 8. The number of hydrogen-bond acceptors (Lipinski definition) is 2. The normalized spacial score (nSPS) is 11.5. The maximum Gasteiger partial charge on any atom is 0.0546 e. The third kappa shape index (κ3) is 5.26. The molecule has 0 radical (unpaired) electrons. The molecule has 0 N–H and O–H groups in total. The van der Waals surface area contributed by atoms with Gasteiger partial charge in [0, 0.05) is 36.5 Å². The zero-order chi connectivity index (χ0) is 34.8. The molecular weight excluding hydrogens is 581 g/mol. The summed E-state index contributed by atoms with van der Waals surface area (Å²) in [5, 5.41) is 7.36. The zero-order valence-corrected chi connectivity index (χ0v) is 27.9. The molecule has 234 valence electrons. The van der Waals surface area contributed by atoms with Gasteiger partial charge in [-0.2, -0.15) is 0 Å². The van der Waals surface area contributed by atoms with Crippen LogP contribution in [-0.4, -0.2) is 0 Å². The van der Waals surface area contributed by atoms with E-state index in [1.165, 1.54) is 54.6 Å². The van der Waals surface area contributed by atoms with Crippen molar-refractivity contribution >= 4 is 66.4 Å². The molecular formula is C46H40N2. The van der Waals surface area contributed by atoms with Gasteiger partial charge in [0.05, 0.1) is 11.4 Å². The van der Waals surface area contributed by atoms with Crippen LogP contribution >= 0.6 is 0 Å². The van der Waals surface area contributed by atoms with Crippen molar-refractivity contribution in [1.82, 2.24) is 0 Å². The fraction of sp³-hybridized carbons (Fsp3) is 0.0870. The van der Waals surface area contributed by atoms with Crippen molar-refractivity contribution in [2.75, 3.05) is 9.80 Å². The molecule has 0 fully saturated rings. The van der Waals surface area contributed by atoms with Crippen LogP contribution < -0.4 is 9.80 Å². The predicted molar refractivity (Wildman–Crippen MR) is 209 cm³/mol. The van der Waals surface area contributed by atoms with Crippen molar-refractivity contribution in [3.63, 3.8) is 0 Å². The molecule has 8 aromatic rings. The van der Waals surface area contributed by atoms with Crippen molar-refractivity contribution in [2.24, 2.45) is 0 Å². The summed E-state index contributed by atoms with van der Waals surface area (Å²) in [6.07, 6.45) is 0. The fourth-order valence-corrected chi connectivity index (χ4v) is 6.91. The van der Waals surface area contributed by atoms with E-state index in [0.717, 1.165) is 34.1 Å². The van der Waals surface area contributed by atoms with Gasteiger partial charge in [-0.3, -0.25) is 0 Å². The lowest BCUT2D eigenvalue weighted by atomic mass is 9.93. The first-order valence-electron chi connectivity index (χ1n) is 17.7. The van der Waals surface area contributed by atoms with Crippen LogP contribution in [0.25, 0.3) is 32.3 Å². The van der Waals surface area contributed by atoms with Gasteiger partial charge in [0.15, 0.2) is 0 Å². The Bertz CT molecular complexity index is 2150. The summed E-state index contributed by atoms with van der Waals surface area (Å²) in [6.45, 7) is 8.58. The summed E-state index contributed by atoms with van der Waals surface area (Å²) in [7, 11) is 0. The summed E-state index contributed by atoms with van der Waals surface area (Å²) < 4.78 is 10.0. The van der Waals surface area contributed by atoms with Gasteiger partial charge in [-0.1, -0.05) is 119 Å². The fourth-order valence-electron chi connectivity index (χ4n) is 6.91. The quantitative estimate of drug-likeness (QED) is 0.170. The molecule has 0 spiro atoms. The first kappa shape index (κ1) is 28.4. The molecule has 48 heavy (non-hydrogen) atoms. The second kappa shape index (κ2) is 12.1. The van der Waals surface area contributed by atoms with Crippen LogP contribution in [0.15, 0.2) is 158 Å². The van der Waals surface area contributed by atoms with Gasteiger partial charge >= 0.3 is 0 Å². The van der Waals surface area contributed by atoms with E-state index >= 15 is 0 Å². The molecule has 2 nitrogen and oxygen atoms in total. The lowest BCUT2D eigenvalue weighted by Gasteiger charge is -2.30. The summed E-state index contributed by atoms with van der Waals surface area (Å²) in [4.78, 5) is 4.82. The summed E-state index contributed by atoms with van der Waals surface area (Å²) in [6, 6.07) is 58.0. The molecule has 0 aliphatic heterocycles. The van der Waals surface area contributed by atoms with E-state index in [2.05, 4.69) is 195 Å². The van der Waals surface area contributed by atoms with Gasteiger partial charge in [0.2, 0.25) is 0 Å². The standard InChI is InChI=1S/C46H38N2.H2/c1-31-13-21-35(22-14-31)47(36-23-15-32(2)16-24-36)45-29-43-40-10-6-8-12-42(40)46(30-44(43)39-9-5-7-11-41(39)45)48(37-25-17-33(3)18-26-37)38-27-19-34(4)20-28-38;/h5-30H,1-4H3;1H/i;1+1D. The number of anilines is 6. The monoisotopic (exact) mass is 622 g/mol. The van der Waals surface area contributed by atoms with E-state index in [-0.39, 0.29) is 0 Å². The highest BCUT2D eigenvalue weighted by atomic mass is 15.1. The lowest BCUT2D eigenvalue weighted by Crippen LogP contribution is -2.12. The Balaban J connectivity index is 0.00000193. The Morgan fingerprint density at radius 2 is 0.562 bits per heavy atom. The van der Waals surface area contributed by atoms with Gasteiger partial charge in [-0.15, -0.1) is 0 Å². The maximum absolute atomic E-state index is 5.00. The van der Waals surface area contributed by atoms with E-state index in [1.54, 1.807) is 0 Å². The van der Waals surface area contributed by atoms with Crippen LogP contribution in [0, 0.1) is 27.7 Å². The summed E-state index contributed by atoms with van der Waals surface area (Å²) in [5.74, 6) is 0. The number of hydrogen-bond donors (Lipinski definition) is 0. The molecule has 0 aliphatic rings. The molecule has 0 bridgehead atoms. The first-order chi connectivity index (χ1) is 24.4. The Morgan fingerprint density at radius 3 is 0.833 bits per heavy atom. The van der Waals surface area contributed by atoms with E-state index in [9.17, 15) is 0 Å². The van der Waals surface area contributed by atoms with Crippen molar-refractivity contribution in [2.45, 2.75) is 27.7 Å². The van der Waals surface area contributed by atoms with Crippen LogP contribution in [0.5, 0.6) is 0 Å². The maximum atomic E-state index is 5.00. The Hall–Kier alpha value is -5.86. The van der Waals surface area contributed by atoms with Crippen LogP contribution in [-0.2, 0) is 0 Å².